The van der Waals surface area contributed by atoms with Gasteiger partial charge in [0, 0.05) is 10.8 Å². The lowest BCUT2D eigenvalue weighted by molar-refractivity contribution is 0.686. The lowest BCUT2D eigenvalue weighted by Gasteiger charge is -1.88. The van der Waals surface area contributed by atoms with Crippen molar-refractivity contribution in [3.05, 3.63) is 47.3 Å². The maximum absolute atomic E-state index is 11.2. The van der Waals surface area contributed by atoms with Crippen molar-refractivity contribution in [2.24, 2.45) is 0 Å². The molecule has 58 valence electrons. The molecule has 1 aliphatic heterocycles. The number of hydrogen-bond donors (Lipinski definition) is 1. The Morgan fingerprint density at radius 3 is 1.64 bits per heavy atom. The van der Waals surface area contributed by atoms with Gasteiger partial charge in [0.1, 0.15) is 0 Å². The second-order valence-electron chi connectivity index (χ2n) is 2.07. The van der Waals surface area contributed by atoms with Crippen LogP contribution in [0, 0.1) is 4.78 Å². The molecule has 0 spiro atoms. The SMILES string of the molecule is N=S1(=O)\C=C/C=C/C=C\C=C\1. The van der Waals surface area contributed by atoms with Crippen molar-refractivity contribution >= 4 is 9.73 Å². The molecule has 2 nitrogen and oxygen atoms in total. The van der Waals surface area contributed by atoms with Gasteiger partial charge in [-0.1, -0.05) is 36.5 Å². The summed E-state index contributed by atoms with van der Waals surface area (Å²) in [5, 5.41) is 2.76. The van der Waals surface area contributed by atoms with E-state index in [0.717, 1.165) is 0 Å². The fourth-order valence-corrected chi connectivity index (χ4v) is 1.37. The van der Waals surface area contributed by atoms with Crippen molar-refractivity contribution in [1.29, 1.82) is 4.78 Å². The first-order valence-corrected chi connectivity index (χ1v) is 4.86. The van der Waals surface area contributed by atoms with E-state index in [0.29, 0.717) is 0 Å². The Morgan fingerprint density at radius 2 is 1.18 bits per heavy atom. The largest absolute Gasteiger partial charge is 0.246 e. The fourth-order valence-electron chi connectivity index (χ4n) is 0.626. The lowest BCUT2D eigenvalue weighted by atomic mass is 10.4. The first kappa shape index (κ1) is 8.01. The molecular formula is C8H9NOS. The number of hydrogen-bond acceptors (Lipinski definition) is 2. The maximum atomic E-state index is 11.2. The number of nitrogens with one attached hydrogen (secondary N) is 1. The molecule has 0 aromatic rings. The molecule has 11 heavy (non-hydrogen) atoms. The van der Waals surface area contributed by atoms with Gasteiger partial charge in [0.25, 0.3) is 0 Å². The van der Waals surface area contributed by atoms with Gasteiger partial charge in [-0.25, -0.2) is 8.99 Å². The standard InChI is InChI=1S/C8H9NOS/c9-11(10)7-5-3-1-2-4-6-8-11/h1-9H/b3-1-,4-2+,7-5+,8-6-. The quantitative estimate of drug-likeness (QED) is 0.590. The van der Waals surface area contributed by atoms with Crippen LogP contribution >= 0.6 is 0 Å². The van der Waals surface area contributed by atoms with Crippen LogP contribution in [0.25, 0.3) is 0 Å². The van der Waals surface area contributed by atoms with Gasteiger partial charge >= 0.3 is 0 Å². The fraction of sp³-hybridized carbons (Fsp3) is 0. The van der Waals surface area contributed by atoms with Gasteiger partial charge in [-0.2, -0.15) is 0 Å². The Kier molecular flexibility index (Phi) is 2.44. The smallest absolute Gasteiger partial charge is 0.0874 e. The van der Waals surface area contributed by atoms with Crippen LogP contribution in [0.3, 0.4) is 0 Å². The van der Waals surface area contributed by atoms with Gasteiger partial charge < -0.3 is 0 Å². The molecule has 0 bridgehead atoms. The Morgan fingerprint density at radius 1 is 0.818 bits per heavy atom. The summed E-state index contributed by atoms with van der Waals surface area (Å²) >= 11 is 0. The van der Waals surface area contributed by atoms with Gasteiger partial charge in [0.2, 0.25) is 0 Å². The minimum Gasteiger partial charge on any atom is -0.246 e. The molecule has 0 aliphatic carbocycles. The number of rotatable bonds is 0. The van der Waals surface area contributed by atoms with Crippen molar-refractivity contribution in [1.82, 2.24) is 0 Å². The third-order valence-electron chi connectivity index (χ3n) is 1.12. The van der Waals surface area contributed by atoms with Crippen molar-refractivity contribution in [2.75, 3.05) is 0 Å². The summed E-state index contributed by atoms with van der Waals surface area (Å²) in [6.45, 7) is 0. The predicted octanol–water partition coefficient (Wildman–Crippen LogP) is 2.19. The Hall–Kier alpha value is -1.09. The average molecular weight is 167 g/mol. The normalized spacial score (nSPS) is 41.1. The van der Waals surface area contributed by atoms with Crippen LogP contribution in [-0.4, -0.2) is 4.21 Å². The molecule has 0 radical (unpaired) electrons. The second kappa shape index (κ2) is 3.34. The summed E-state index contributed by atoms with van der Waals surface area (Å²) < 4.78 is 18.4. The van der Waals surface area contributed by atoms with E-state index >= 15 is 0 Å². The van der Waals surface area contributed by atoms with Gasteiger partial charge in [0.15, 0.2) is 0 Å². The van der Waals surface area contributed by atoms with Crippen LogP contribution in [-0.2, 0) is 9.73 Å². The highest BCUT2D eigenvalue weighted by atomic mass is 32.2. The summed E-state index contributed by atoms with van der Waals surface area (Å²) in [7, 11) is -2.63. The van der Waals surface area contributed by atoms with Crippen molar-refractivity contribution in [2.45, 2.75) is 0 Å². The zero-order valence-electron chi connectivity index (χ0n) is 5.94. The monoisotopic (exact) mass is 167 g/mol. The van der Waals surface area contributed by atoms with Crippen molar-refractivity contribution in [3.8, 4) is 0 Å². The Balaban J connectivity index is 3.05. The third-order valence-corrected chi connectivity index (χ3v) is 2.24. The van der Waals surface area contributed by atoms with E-state index in [1.165, 1.54) is 10.8 Å². The lowest BCUT2D eigenvalue weighted by Crippen LogP contribution is -1.82. The molecule has 0 fully saturated rings. The molecule has 0 aromatic carbocycles. The van der Waals surface area contributed by atoms with E-state index in [1.807, 2.05) is 12.2 Å². The van der Waals surface area contributed by atoms with Crippen molar-refractivity contribution < 1.29 is 4.21 Å². The van der Waals surface area contributed by atoms with E-state index < -0.39 is 9.73 Å². The molecular weight excluding hydrogens is 158 g/mol. The molecule has 1 N–H and O–H groups in total. The van der Waals surface area contributed by atoms with Gasteiger partial charge in [-0.3, -0.25) is 0 Å². The molecule has 3 heteroatoms. The first-order chi connectivity index (χ1) is 5.21. The molecule has 1 unspecified atom stereocenters. The summed E-state index contributed by atoms with van der Waals surface area (Å²) in [6, 6.07) is 0. The topological polar surface area (TPSA) is 40.9 Å². The highest BCUT2D eigenvalue weighted by Gasteiger charge is 1.90. The number of allylic oxidation sites excluding steroid dienone is 6. The van der Waals surface area contributed by atoms with Crippen LogP contribution in [0.1, 0.15) is 0 Å². The average Bonchev–Trinajstić information content (AvgIpc) is 2.00. The van der Waals surface area contributed by atoms with E-state index in [-0.39, 0.29) is 0 Å². The maximum Gasteiger partial charge on any atom is 0.0874 e. The molecule has 0 aromatic heterocycles. The molecule has 0 saturated heterocycles. The van der Waals surface area contributed by atoms with Crippen LogP contribution in [0.5, 0.6) is 0 Å². The van der Waals surface area contributed by atoms with Crippen molar-refractivity contribution in [3.63, 3.8) is 0 Å². The van der Waals surface area contributed by atoms with E-state index in [4.69, 9.17) is 4.78 Å². The van der Waals surface area contributed by atoms with Crippen LogP contribution < -0.4 is 0 Å². The summed E-state index contributed by atoms with van der Waals surface area (Å²) in [6.07, 6.45) is 10.4. The molecule has 1 heterocycles. The third kappa shape index (κ3) is 3.00. The minimum atomic E-state index is -2.63. The molecule has 1 atom stereocenters. The van der Waals surface area contributed by atoms with E-state index in [1.54, 1.807) is 24.3 Å². The summed E-state index contributed by atoms with van der Waals surface area (Å²) in [4.78, 5) is 0. The Labute approximate surface area is 66.6 Å². The van der Waals surface area contributed by atoms with Crippen LogP contribution in [0.2, 0.25) is 0 Å². The van der Waals surface area contributed by atoms with Gasteiger partial charge in [0.05, 0.1) is 9.73 Å². The van der Waals surface area contributed by atoms with E-state index in [9.17, 15) is 4.21 Å². The van der Waals surface area contributed by atoms with Crippen LogP contribution in [0.15, 0.2) is 47.3 Å². The first-order valence-electron chi connectivity index (χ1n) is 3.18. The highest BCUT2D eigenvalue weighted by molar-refractivity contribution is 7.98. The predicted molar refractivity (Wildman–Crippen MR) is 47.4 cm³/mol. The Bertz CT molecular complexity index is 303. The van der Waals surface area contributed by atoms with Crippen LogP contribution in [0.4, 0.5) is 0 Å². The minimum absolute atomic E-state index is 1.38. The van der Waals surface area contributed by atoms with Gasteiger partial charge in [-0.05, 0) is 0 Å². The van der Waals surface area contributed by atoms with E-state index in [2.05, 4.69) is 0 Å². The zero-order chi connectivity index (χ0) is 8.16. The zero-order valence-corrected chi connectivity index (χ0v) is 6.75. The molecule has 1 aliphatic rings. The molecule has 0 amide bonds. The summed E-state index contributed by atoms with van der Waals surface area (Å²) in [5.74, 6) is 0. The second-order valence-corrected chi connectivity index (χ2v) is 3.91. The van der Waals surface area contributed by atoms with Gasteiger partial charge in [-0.15, -0.1) is 0 Å². The highest BCUT2D eigenvalue weighted by Crippen LogP contribution is 1.99. The summed E-state index contributed by atoms with van der Waals surface area (Å²) in [5.41, 5.74) is 0. The molecule has 0 saturated carbocycles. The molecule has 1 rings (SSSR count).